The number of aromatic nitrogens is 3. The molecule has 2 aromatic carbocycles. The van der Waals surface area contributed by atoms with Gasteiger partial charge in [-0.05, 0) is 78.3 Å². The maximum absolute atomic E-state index is 12.7. The molecule has 8 nitrogen and oxygen atoms in total. The zero-order valence-corrected chi connectivity index (χ0v) is 20.3. The van der Waals surface area contributed by atoms with Gasteiger partial charge >= 0.3 is 0 Å². The standard InChI is InChI=1S/C25H25BrN6O2/c1-32(17-11-13-27-14-12-17)25-30-22-20(26)15-28-24(33)21(22)23(31-25)29-16-7-9-19(10-8-16)34-18-5-3-2-4-6-18/h2-10,15,17,27H,11-14H2,1H3,(H,28,33)(H,29,30,31). The molecule has 0 atom stereocenters. The number of benzene rings is 2. The molecule has 0 aliphatic carbocycles. The summed E-state index contributed by atoms with van der Waals surface area (Å²) in [5.74, 6) is 2.53. The lowest BCUT2D eigenvalue weighted by molar-refractivity contribution is 0.440. The van der Waals surface area contributed by atoms with Crippen molar-refractivity contribution >= 4 is 44.3 Å². The second-order valence-corrected chi connectivity index (χ2v) is 9.07. The highest BCUT2D eigenvalue weighted by atomic mass is 79.9. The number of H-pyrrole nitrogens is 1. The molecule has 1 fully saturated rings. The summed E-state index contributed by atoms with van der Waals surface area (Å²) in [6.45, 7) is 1.93. The number of piperidine rings is 1. The van der Waals surface area contributed by atoms with Gasteiger partial charge in [0.05, 0.1) is 9.99 Å². The van der Waals surface area contributed by atoms with Gasteiger partial charge in [0.25, 0.3) is 5.56 Å². The first kappa shape index (κ1) is 22.4. The average molecular weight is 521 g/mol. The summed E-state index contributed by atoms with van der Waals surface area (Å²) in [5.41, 5.74) is 1.11. The monoisotopic (exact) mass is 520 g/mol. The topological polar surface area (TPSA) is 95.2 Å². The minimum absolute atomic E-state index is 0.249. The number of halogens is 1. The number of para-hydroxylation sites is 1. The third-order valence-corrected chi connectivity index (χ3v) is 6.55. The summed E-state index contributed by atoms with van der Waals surface area (Å²) in [5, 5.41) is 7.11. The molecule has 4 aromatic rings. The normalized spacial score (nSPS) is 14.2. The number of fused-ring (bicyclic) bond motifs is 1. The SMILES string of the molecule is CN(c1nc(Nc2ccc(Oc3ccccc3)cc2)c2c(=O)[nH]cc(Br)c2n1)C1CCNCC1. The number of aromatic amines is 1. The van der Waals surface area contributed by atoms with Crippen LogP contribution >= 0.6 is 15.9 Å². The molecule has 0 spiro atoms. The second-order valence-electron chi connectivity index (χ2n) is 8.22. The van der Waals surface area contributed by atoms with E-state index in [2.05, 4.69) is 36.4 Å². The summed E-state index contributed by atoms with van der Waals surface area (Å²) in [7, 11) is 2.01. The highest BCUT2D eigenvalue weighted by Crippen LogP contribution is 2.30. The van der Waals surface area contributed by atoms with E-state index in [9.17, 15) is 4.79 Å². The molecule has 3 N–H and O–H groups in total. The number of pyridine rings is 1. The van der Waals surface area contributed by atoms with Gasteiger partial charge < -0.3 is 25.3 Å². The Morgan fingerprint density at radius 3 is 2.47 bits per heavy atom. The fourth-order valence-electron chi connectivity index (χ4n) is 4.08. The highest BCUT2D eigenvalue weighted by Gasteiger charge is 2.22. The summed E-state index contributed by atoms with van der Waals surface area (Å²) in [4.78, 5) is 27.1. The zero-order valence-electron chi connectivity index (χ0n) is 18.7. The Labute approximate surface area is 205 Å². The van der Waals surface area contributed by atoms with Gasteiger partial charge in [0.15, 0.2) is 0 Å². The molecule has 0 bridgehead atoms. The predicted octanol–water partition coefficient (Wildman–Crippen LogP) is 4.80. The van der Waals surface area contributed by atoms with Gasteiger partial charge in [0, 0.05) is 25.0 Å². The lowest BCUT2D eigenvalue weighted by Gasteiger charge is -2.32. The molecule has 1 aliphatic rings. The fourth-order valence-corrected chi connectivity index (χ4v) is 4.48. The number of anilines is 3. The second kappa shape index (κ2) is 9.82. The lowest BCUT2D eigenvalue weighted by atomic mass is 10.1. The Morgan fingerprint density at radius 1 is 1.03 bits per heavy atom. The largest absolute Gasteiger partial charge is 0.457 e. The van der Waals surface area contributed by atoms with Crippen LogP contribution in [0.3, 0.4) is 0 Å². The summed E-state index contributed by atoms with van der Waals surface area (Å²) in [6.07, 6.45) is 3.64. The highest BCUT2D eigenvalue weighted by molar-refractivity contribution is 9.10. The van der Waals surface area contributed by atoms with Gasteiger partial charge in [-0.25, -0.2) is 4.98 Å². The van der Waals surface area contributed by atoms with E-state index in [4.69, 9.17) is 14.7 Å². The Morgan fingerprint density at radius 2 is 1.74 bits per heavy atom. The van der Waals surface area contributed by atoms with Gasteiger partial charge in [0.1, 0.15) is 22.7 Å². The molecular formula is C25H25BrN6O2. The van der Waals surface area contributed by atoms with Crippen LogP contribution in [0.4, 0.5) is 17.5 Å². The average Bonchev–Trinajstić information content (AvgIpc) is 2.88. The molecule has 0 saturated carbocycles. The van der Waals surface area contributed by atoms with Crippen LogP contribution < -0.4 is 25.8 Å². The molecule has 0 radical (unpaired) electrons. The van der Waals surface area contributed by atoms with E-state index in [0.29, 0.717) is 33.2 Å². The molecule has 3 heterocycles. The van der Waals surface area contributed by atoms with Crippen molar-refractivity contribution in [3.05, 3.63) is 75.6 Å². The van der Waals surface area contributed by atoms with Crippen LogP contribution in [0.2, 0.25) is 0 Å². The zero-order chi connectivity index (χ0) is 23.5. The number of hydrogen-bond acceptors (Lipinski definition) is 7. The van der Waals surface area contributed by atoms with Gasteiger partial charge in [0.2, 0.25) is 5.95 Å². The van der Waals surface area contributed by atoms with Gasteiger partial charge in [-0.15, -0.1) is 0 Å². The Kier molecular flexibility index (Phi) is 6.46. The molecule has 9 heteroatoms. The van der Waals surface area contributed by atoms with Gasteiger partial charge in [-0.3, -0.25) is 4.79 Å². The molecule has 1 saturated heterocycles. The van der Waals surface area contributed by atoms with Crippen molar-refractivity contribution in [2.75, 3.05) is 30.4 Å². The maximum Gasteiger partial charge on any atom is 0.261 e. The smallest absolute Gasteiger partial charge is 0.261 e. The van der Waals surface area contributed by atoms with Crippen molar-refractivity contribution < 1.29 is 4.74 Å². The number of hydrogen-bond donors (Lipinski definition) is 3. The fraction of sp³-hybridized carbons (Fsp3) is 0.240. The Bertz CT molecular complexity index is 1340. The third-order valence-electron chi connectivity index (χ3n) is 5.95. The van der Waals surface area contributed by atoms with E-state index in [1.54, 1.807) is 6.20 Å². The van der Waals surface area contributed by atoms with E-state index in [-0.39, 0.29) is 5.56 Å². The van der Waals surface area contributed by atoms with E-state index >= 15 is 0 Å². The van der Waals surface area contributed by atoms with Crippen LogP contribution in [0, 0.1) is 0 Å². The molecule has 0 unspecified atom stereocenters. The van der Waals surface area contributed by atoms with E-state index in [0.717, 1.165) is 43.1 Å². The summed E-state index contributed by atoms with van der Waals surface area (Å²) >= 11 is 3.54. The van der Waals surface area contributed by atoms with Crippen molar-refractivity contribution in [3.63, 3.8) is 0 Å². The van der Waals surface area contributed by atoms with E-state index in [1.807, 2.05) is 61.6 Å². The Balaban J connectivity index is 1.48. The van der Waals surface area contributed by atoms with Crippen LogP contribution in [0.25, 0.3) is 10.9 Å². The van der Waals surface area contributed by atoms with E-state index in [1.165, 1.54) is 0 Å². The van der Waals surface area contributed by atoms with Crippen molar-refractivity contribution in [2.24, 2.45) is 0 Å². The van der Waals surface area contributed by atoms with Crippen LogP contribution in [-0.4, -0.2) is 41.1 Å². The van der Waals surface area contributed by atoms with Crippen LogP contribution in [-0.2, 0) is 0 Å². The predicted molar refractivity (Wildman–Crippen MR) is 138 cm³/mol. The molecule has 0 amide bonds. The molecule has 2 aromatic heterocycles. The molecule has 34 heavy (non-hydrogen) atoms. The number of ether oxygens (including phenoxy) is 1. The molecule has 1 aliphatic heterocycles. The molecule has 5 rings (SSSR count). The molecular weight excluding hydrogens is 496 g/mol. The number of nitrogens with one attached hydrogen (secondary N) is 3. The van der Waals surface area contributed by atoms with Crippen LogP contribution in [0.1, 0.15) is 12.8 Å². The maximum atomic E-state index is 12.7. The first-order valence-electron chi connectivity index (χ1n) is 11.2. The summed E-state index contributed by atoms with van der Waals surface area (Å²) in [6, 6.07) is 17.5. The van der Waals surface area contributed by atoms with Crippen molar-refractivity contribution in [3.8, 4) is 11.5 Å². The van der Waals surface area contributed by atoms with Crippen molar-refractivity contribution in [1.82, 2.24) is 20.3 Å². The first-order chi connectivity index (χ1) is 16.6. The minimum atomic E-state index is -0.249. The van der Waals surface area contributed by atoms with Crippen LogP contribution in [0.15, 0.2) is 70.1 Å². The number of nitrogens with zero attached hydrogens (tertiary/aromatic N) is 3. The lowest BCUT2D eigenvalue weighted by Crippen LogP contribution is -2.42. The van der Waals surface area contributed by atoms with Crippen LogP contribution in [0.5, 0.6) is 11.5 Å². The third kappa shape index (κ3) is 4.76. The van der Waals surface area contributed by atoms with Gasteiger partial charge in [-0.2, -0.15) is 4.98 Å². The Hall–Kier alpha value is -3.43. The quantitative estimate of drug-likeness (QED) is 0.336. The van der Waals surface area contributed by atoms with Crippen molar-refractivity contribution in [1.29, 1.82) is 0 Å². The molecule has 174 valence electrons. The number of rotatable bonds is 6. The summed E-state index contributed by atoms with van der Waals surface area (Å²) < 4.78 is 6.59. The first-order valence-corrected chi connectivity index (χ1v) is 12.0. The van der Waals surface area contributed by atoms with Crippen molar-refractivity contribution in [2.45, 2.75) is 18.9 Å². The van der Waals surface area contributed by atoms with E-state index < -0.39 is 0 Å². The van der Waals surface area contributed by atoms with Gasteiger partial charge in [-0.1, -0.05) is 18.2 Å². The minimum Gasteiger partial charge on any atom is -0.457 e.